The largest absolute Gasteiger partial charge is 0.383 e. The van der Waals surface area contributed by atoms with Gasteiger partial charge in [-0.1, -0.05) is 0 Å². The lowest BCUT2D eigenvalue weighted by Gasteiger charge is -2.07. The van der Waals surface area contributed by atoms with Crippen LogP contribution in [0, 0.1) is 0 Å². The van der Waals surface area contributed by atoms with Crippen molar-refractivity contribution in [2.45, 2.75) is 11.3 Å². The third kappa shape index (κ3) is 3.03. The van der Waals surface area contributed by atoms with Gasteiger partial charge < -0.3 is 5.73 Å². The number of hydrogen-bond donors (Lipinski definition) is 2. The van der Waals surface area contributed by atoms with Gasteiger partial charge >= 0.3 is 0 Å². The van der Waals surface area contributed by atoms with Crippen molar-refractivity contribution in [2.24, 2.45) is 0 Å². The van der Waals surface area contributed by atoms with Gasteiger partial charge in [0.25, 0.3) is 0 Å². The molecule has 2 rings (SSSR count). The first kappa shape index (κ1) is 12.9. The molecule has 0 aliphatic rings. The highest BCUT2D eigenvalue weighted by atomic mass is 32.2. The zero-order valence-corrected chi connectivity index (χ0v) is 11.0. The normalized spacial score (nSPS) is 11.6. The minimum atomic E-state index is -3.61. The van der Waals surface area contributed by atoms with Gasteiger partial charge in [0.05, 0.1) is 11.2 Å². The van der Waals surface area contributed by atoms with Gasteiger partial charge in [-0.3, -0.25) is 0 Å². The average molecular weight is 284 g/mol. The van der Waals surface area contributed by atoms with Gasteiger partial charge in [-0.2, -0.15) is 0 Å². The molecule has 0 saturated carbocycles. The molecule has 2 aromatic heterocycles. The van der Waals surface area contributed by atoms with E-state index in [1.54, 1.807) is 5.51 Å². The third-order valence-electron chi connectivity index (χ3n) is 2.25. The maximum atomic E-state index is 11.9. The maximum Gasteiger partial charge on any atom is 0.244 e. The van der Waals surface area contributed by atoms with Crippen LogP contribution in [-0.4, -0.2) is 24.9 Å². The van der Waals surface area contributed by atoms with E-state index in [9.17, 15) is 8.42 Å². The van der Waals surface area contributed by atoms with Crippen LogP contribution in [0.4, 0.5) is 5.82 Å². The summed E-state index contributed by atoms with van der Waals surface area (Å²) in [7, 11) is -3.61. The van der Waals surface area contributed by atoms with Gasteiger partial charge in [-0.15, -0.1) is 11.3 Å². The first-order chi connectivity index (χ1) is 8.59. The molecule has 0 radical (unpaired) electrons. The predicted molar refractivity (Wildman–Crippen MR) is 69.7 cm³/mol. The zero-order valence-electron chi connectivity index (χ0n) is 9.41. The number of pyridine rings is 1. The van der Waals surface area contributed by atoms with E-state index in [1.165, 1.54) is 29.7 Å². The van der Waals surface area contributed by atoms with Crippen LogP contribution in [0.5, 0.6) is 0 Å². The Hall–Kier alpha value is -1.51. The molecule has 0 saturated heterocycles. The molecule has 8 heteroatoms. The van der Waals surface area contributed by atoms with Gasteiger partial charge in [0.15, 0.2) is 0 Å². The monoisotopic (exact) mass is 284 g/mol. The summed E-state index contributed by atoms with van der Waals surface area (Å²) < 4.78 is 26.3. The van der Waals surface area contributed by atoms with Crippen LogP contribution in [0.1, 0.15) is 5.69 Å². The molecule has 0 amide bonds. The number of nitrogens with one attached hydrogen (secondary N) is 1. The van der Waals surface area contributed by atoms with Crippen LogP contribution < -0.4 is 10.5 Å². The molecular weight excluding hydrogens is 272 g/mol. The standard InChI is InChI=1S/C10H12N4O2S2/c11-10-9(2-1-4-12-10)18(15,16)14-5-3-8-6-17-7-13-8/h1-2,4,6-7,14H,3,5H2,(H2,11,12). The molecule has 2 aromatic rings. The number of nitrogens with two attached hydrogens (primary N) is 1. The molecule has 0 atom stereocenters. The third-order valence-corrected chi connectivity index (χ3v) is 4.39. The summed E-state index contributed by atoms with van der Waals surface area (Å²) >= 11 is 1.48. The highest BCUT2D eigenvalue weighted by Crippen LogP contribution is 2.14. The molecule has 0 aliphatic heterocycles. The van der Waals surface area contributed by atoms with Crippen LogP contribution in [0.25, 0.3) is 0 Å². The molecule has 0 aliphatic carbocycles. The first-order valence-electron chi connectivity index (χ1n) is 5.17. The van der Waals surface area contributed by atoms with Gasteiger partial charge in [-0.25, -0.2) is 23.1 Å². The van der Waals surface area contributed by atoms with Crippen LogP contribution in [0.3, 0.4) is 0 Å². The van der Waals surface area contributed by atoms with Gasteiger partial charge in [0.1, 0.15) is 10.7 Å². The van der Waals surface area contributed by atoms with E-state index in [2.05, 4.69) is 14.7 Å². The Morgan fingerprint density at radius 3 is 2.89 bits per heavy atom. The Balaban J connectivity index is 2.02. The lowest BCUT2D eigenvalue weighted by Crippen LogP contribution is -2.27. The van der Waals surface area contributed by atoms with Crippen molar-refractivity contribution in [2.75, 3.05) is 12.3 Å². The number of aromatic nitrogens is 2. The van der Waals surface area contributed by atoms with Crippen molar-refractivity contribution >= 4 is 27.2 Å². The Kier molecular flexibility index (Phi) is 3.90. The molecule has 2 heterocycles. The van der Waals surface area contributed by atoms with Crippen molar-refractivity contribution in [1.82, 2.24) is 14.7 Å². The first-order valence-corrected chi connectivity index (χ1v) is 7.59. The predicted octanol–water partition coefficient (Wildman–Crippen LogP) is 0.641. The van der Waals surface area contributed by atoms with Crippen LogP contribution in [-0.2, 0) is 16.4 Å². The van der Waals surface area contributed by atoms with Gasteiger partial charge in [0, 0.05) is 24.5 Å². The summed E-state index contributed by atoms with van der Waals surface area (Å²) in [6.45, 7) is 0.278. The summed E-state index contributed by atoms with van der Waals surface area (Å²) in [6, 6.07) is 2.96. The Labute approximate surface area is 109 Å². The Bertz CT molecular complexity index is 611. The molecular formula is C10H12N4O2S2. The number of nitrogens with zero attached hydrogens (tertiary/aromatic N) is 2. The zero-order chi connectivity index (χ0) is 13.0. The van der Waals surface area contributed by atoms with E-state index < -0.39 is 10.0 Å². The Morgan fingerprint density at radius 2 is 2.22 bits per heavy atom. The maximum absolute atomic E-state index is 11.9. The van der Waals surface area contributed by atoms with Crippen LogP contribution in [0.15, 0.2) is 34.1 Å². The number of rotatable bonds is 5. The fourth-order valence-corrected chi connectivity index (χ4v) is 3.09. The van der Waals surface area contributed by atoms with E-state index in [0.717, 1.165) is 5.69 Å². The number of thiazole rings is 1. The van der Waals surface area contributed by atoms with Crippen molar-refractivity contribution in [1.29, 1.82) is 0 Å². The van der Waals surface area contributed by atoms with Gasteiger partial charge in [-0.05, 0) is 12.1 Å². The lowest BCUT2D eigenvalue weighted by molar-refractivity contribution is 0.581. The second kappa shape index (κ2) is 5.42. The summed E-state index contributed by atoms with van der Waals surface area (Å²) in [4.78, 5) is 7.83. The highest BCUT2D eigenvalue weighted by molar-refractivity contribution is 7.89. The fraction of sp³-hybridized carbons (Fsp3) is 0.200. The van der Waals surface area contributed by atoms with E-state index in [-0.39, 0.29) is 17.3 Å². The molecule has 0 spiro atoms. The fourth-order valence-electron chi connectivity index (χ4n) is 1.38. The van der Waals surface area contributed by atoms with E-state index >= 15 is 0 Å². The summed E-state index contributed by atoms with van der Waals surface area (Å²) in [5.74, 6) is -0.00124. The molecule has 96 valence electrons. The molecule has 0 fully saturated rings. The van der Waals surface area contributed by atoms with Gasteiger partial charge in [0.2, 0.25) is 10.0 Å². The second-order valence-electron chi connectivity index (χ2n) is 3.51. The molecule has 6 nitrogen and oxygen atoms in total. The molecule has 0 aromatic carbocycles. The number of anilines is 1. The molecule has 3 N–H and O–H groups in total. The minimum absolute atomic E-state index is 0.00124. The summed E-state index contributed by atoms with van der Waals surface area (Å²) in [5, 5.41) is 1.88. The van der Waals surface area contributed by atoms with Crippen LogP contribution >= 0.6 is 11.3 Å². The van der Waals surface area contributed by atoms with E-state index in [4.69, 9.17) is 5.73 Å². The number of nitrogen functional groups attached to an aromatic ring is 1. The topological polar surface area (TPSA) is 98.0 Å². The number of sulfonamides is 1. The number of hydrogen-bond acceptors (Lipinski definition) is 6. The Morgan fingerprint density at radius 1 is 1.39 bits per heavy atom. The van der Waals surface area contributed by atoms with Crippen molar-refractivity contribution in [3.63, 3.8) is 0 Å². The lowest BCUT2D eigenvalue weighted by atomic mass is 10.3. The minimum Gasteiger partial charge on any atom is -0.383 e. The summed E-state index contributed by atoms with van der Waals surface area (Å²) in [5.41, 5.74) is 8.11. The highest BCUT2D eigenvalue weighted by Gasteiger charge is 2.17. The van der Waals surface area contributed by atoms with Crippen molar-refractivity contribution in [3.8, 4) is 0 Å². The quantitative estimate of drug-likeness (QED) is 0.839. The SMILES string of the molecule is Nc1ncccc1S(=O)(=O)NCCc1cscn1. The smallest absolute Gasteiger partial charge is 0.244 e. The van der Waals surface area contributed by atoms with Crippen molar-refractivity contribution < 1.29 is 8.42 Å². The van der Waals surface area contributed by atoms with E-state index in [0.29, 0.717) is 6.42 Å². The summed E-state index contributed by atoms with van der Waals surface area (Å²) in [6.07, 6.45) is 1.99. The molecule has 18 heavy (non-hydrogen) atoms. The van der Waals surface area contributed by atoms with Crippen LogP contribution in [0.2, 0.25) is 0 Å². The molecule has 0 unspecified atom stereocenters. The van der Waals surface area contributed by atoms with E-state index in [1.807, 2.05) is 5.38 Å². The second-order valence-corrected chi connectivity index (χ2v) is 5.97. The average Bonchev–Trinajstić information content (AvgIpc) is 2.82. The molecule has 0 bridgehead atoms. The van der Waals surface area contributed by atoms with Crippen molar-refractivity contribution in [3.05, 3.63) is 34.9 Å².